The second-order valence-corrected chi connectivity index (χ2v) is 5.29. The largest absolute Gasteiger partial charge is 0.493 e. The van der Waals surface area contributed by atoms with Crippen LogP contribution in [0.25, 0.3) is 0 Å². The van der Waals surface area contributed by atoms with Gasteiger partial charge in [-0.05, 0) is 36.8 Å². The Kier molecular flexibility index (Phi) is 9.47. The molecule has 6 heteroatoms. The molecule has 0 aromatic heterocycles. The third-order valence-corrected chi connectivity index (χ3v) is 3.27. The van der Waals surface area contributed by atoms with Crippen LogP contribution in [0, 0.1) is 0 Å². The average Bonchev–Trinajstić information content (AvgIpc) is 2.57. The summed E-state index contributed by atoms with van der Waals surface area (Å²) in [5.74, 6) is 1.47. The van der Waals surface area contributed by atoms with Crippen LogP contribution in [-0.2, 0) is 0 Å². The van der Waals surface area contributed by atoms with E-state index in [1.165, 1.54) is 12.8 Å². The van der Waals surface area contributed by atoms with Gasteiger partial charge >= 0.3 is 0 Å². The molecular formula is C17H26N3O2S+. The summed E-state index contributed by atoms with van der Waals surface area (Å²) in [5.41, 5.74) is 3.81. The first-order chi connectivity index (χ1) is 11.2. The van der Waals surface area contributed by atoms with Crippen molar-refractivity contribution in [2.24, 2.45) is 0 Å². The van der Waals surface area contributed by atoms with Gasteiger partial charge in [-0.1, -0.05) is 25.8 Å². The summed E-state index contributed by atoms with van der Waals surface area (Å²) in [4.78, 5) is 0. The van der Waals surface area contributed by atoms with E-state index in [4.69, 9.17) is 21.7 Å². The molecule has 1 rings (SSSR count). The topological polar surface area (TPSA) is 56.5 Å². The molecule has 0 spiro atoms. The third kappa shape index (κ3) is 7.65. The number of ether oxygens (including phenoxy) is 2. The minimum absolute atomic E-state index is 0.504. The number of unbranched alkanes of at least 4 members (excludes halogenated alkanes) is 2. The maximum Gasteiger partial charge on any atom is 0.224 e. The monoisotopic (exact) mass is 336 g/mol. The highest BCUT2D eigenvalue weighted by atomic mass is 32.1. The molecule has 23 heavy (non-hydrogen) atoms. The van der Waals surface area contributed by atoms with E-state index >= 15 is 0 Å². The van der Waals surface area contributed by atoms with E-state index in [2.05, 4.69) is 29.3 Å². The highest BCUT2D eigenvalue weighted by Gasteiger charge is 2.06. The van der Waals surface area contributed by atoms with E-state index in [-0.39, 0.29) is 0 Å². The maximum atomic E-state index is 5.76. The third-order valence-electron chi connectivity index (χ3n) is 3.02. The van der Waals surface area contributed by atoms with Crippen molar-refractivity contribution in [3.8, 4) is 11.5 Å². The van der Waals surface area contributed by atoms with Crippen LogP contribution in [-0.4, -0.2) is 31.6 Å². The van der Waals surface area contributed by atoms with Crippen molar-refractivity contribution in [2.75, 3.05) is 20.3 Å². The number of hydrazone groups is 1. The summed E-state index contributed by atoms with van der Waals surface area (Å²) in [5, 5.41) is 6.39. The number of hydrogen-bond acceptors (Lipinski definition) is 3. The molecule has 1 aromatic rings. The molecule has 0 saturated carbocycles. The number of hydrazine groups is 1. The fraction of sp³-hybridized carbons (Fsp3) is 0.412. The van der Waals surface area contributed by atoms with Gasteiger partial charge in [0.1, 0.15) is 0 Å². The van der Waals surface area contributed by atoms with Crippen molar-refractivity contribution in [3.05, 3.63) is 36.4 Å². The lowest BCUT2D eigenvalue weighted by Gasteiger charge is -2.10. The van der Waals surface area contributed by atoms with Crippen LogP contribution in [0.1, 0.15) is 31.7 Å². The smallest absolute Gasteiger partial charge is 0.224 e. The standard InChI is InChI=1S/C17H25N3O2S/c1-4-6-7-11-22-15-9-8-14(12-16(15)21-3)13-19-20-17(23)18-10-5-2/h5,8-9,12-13H,2,4,6-7,10-11H2,1,3H3,(H2,18,20,23)/p+1. The first-order valence-electron chi connectivity index (χ1n) is 7.75. The first-order valence-corrected chi connectivity index (χ1v) is 8.16. The van der Waals surface area contributed by atoms with Crippen molar-refractivity contribution in [1.82, 2.24) is 10.7 Å². The lowest BCUT2D eigenvalue weighted by molar-refractivity contribution is -0.500. The molecule has 0 unspecified atom stereocenters. The second kappa shape index (κ2) is 11.5. The molecule has 0 aliphatic heterocycles. The summed E-state index contributed by atoms with van der Waals surface area (Å²) < 4.78 is 11.1. The fourth-order valence-electron chi connectivity index (χ4n) is 1.82. The molecule has 1 aromatic carbocycles. The van der Waals surface area contributed by atoms with Crippen LogP contribution in [0.5, 0.6) is 11.5 Å². The summed E-state index contributed by atoms with van der Waals surface area (Å²) >= 11 is 5.08. The summed E-state index contributed by atoms with van der Waals surface area (Å²) in [7, 11) is 1.64. The van der Waals surface area contributed by atoms with Crippen LogP contribution in [0.2, 0.25) is 0 Å². The van der Waals surface area contributed by atoms with Gasteiger partial charge in [-0.3, -0.25) is 0 Å². The van der Waals surface area contributed by atoms with Gasteiger partial charge in [-0.25, -0.2) is 0 Å². The molecule has 126 valence electrons. The van der Waals surface area contributed by atoms with Gasteiger partial charge in [-0.2, -0.15) is 0 Å². The van der Waals surface area contributed by atoms with Gasteiger partial charge in [0.2, 0.25) is 5.11 Å². The van der Waals surface area contributed by atoms with Gasteiger partial charge in [0, 0.05) is 12.1 Å². The van der Waals surface area contributed by atoms with Gasteiger partial charge in [0.15, 0.2) is 17.7 Å². The Morgan fingerprint density at radius 2 is 2.17 bits per heavy atom. The van der Waals surface area contributed by atoms with Gasteiger partial charge in [0.05, 0.1) is 13.7 Å². The van der Waals surface area contributed by atoms with Crippen LogP contribution >= 0.6 is 12.2 Å². The van der Waals surface area contributed by atoms with E-state index in [1.54, 1.807) is 19.4 Å². The van der Waals surface area contributed by atoms with Crippen LogP contribution < -0.4 is 25.3 Å². The van der Waals surface area contributed by atoms with Gasteiger partial charge in [0.25, 0.3) is 0 Å². The molecule has 0 radical (unpaired) electrons. The highest BCUT2D eigenvalue weighted by Crippen LogP contribution is 2.27. The summed E-state index contributed by atoms with van der Waals surface area (Å²) in [6.07, 6.45) is 6.93. The van der Waals surface area contributed by atoms with E-state index in [0.29, 0.717) is 24.0 Å². The Morgan fingerprint density at radius 1 is 1.35 bits per heavy atom. The molecule has 0 bridgehead atoms. The Balaban J connectivity index is 2.57. The van der Waals surface area contributed by atoms with Crippen LogP contribution in [0.15, 0.2) is 30.9 Å². The molecule has 0 atom stereocenters. The molecule has 0 amide bonds. The summed E-state index contributed by atoms with van der Waals surface area (Å²) in [6.45, 7) is 7.11. The Hall–Kier alpha value is -2.08. The lowest BCUT2D eigenvalue weighted by Crippen LogP contribution is -2.82. The molecule has 0 fully saturated rings. The first kappa shape index (κ1) is 19.0. The quantitative estimate of drug-likeness (QED) is 0.198. The zero-order valence-corrected chi connectivity index (χ0v) is 14.7. The van der Waals surface area contributed by atoms with Gasteiger partial charge in [-0.15, -0.1) is 17.1 Å². The van der Waals surface area contributed by atoms with E-state index in [9.17, 15) is 0 Å². The zero-order chi connectivity index (χ0) is 16.9. The van der Waals surface area contributed by atoms with Crippen molar-refractivity contribution in [1.29, 1.82) is 0 Å². The lowest BCUT2D eigenvalue weighted by atomic mass is 10.2. The Bertz CT molecular complexity index is 533. The second-order valence-electron chi connectivity index (χ2n) is 4.88. The molecule has 0 aliphatic carbocycles. The molecule has 0 heterocycles. The van der Waals surface area contributed by atoms with Crippen molar-refractivity contribution < 1.29 is 14.6 Å². The number of thiocarbonyl (C=S) groups is 1. The normalized spacial score (nSPS) is 10.3. The zero-order valence-electron chi connectivity index (χ0n) is 13.9. The molecular weight excluding hydrogens is 310 g/mol. The maximum absolute atomic E-state index is 5.76. The number of rotatable bonds is 10. The molecule has 0 aliphatic rings. The predicted octanol–water partition coefficient (Wildman–Crippen LogP) is 1.33. The highest BCUT2D eigenvalue weighted by molar-refractivity contribution is 7.80. The summed E-state index contributed by atoms with van der Waals surface area (Å²) in [6, 6.07) is 5.77. The predicted molar refractivity (Wildman–Crippen MR) is 98.1 cm³/mol. The van der Waals surface area contributed by atoms with E-state index < -0.39 is 0 Å². The number of nitrogens with one attached hydrogen (secondary N) is 3. The fourth-order valence-corrected chi connectivity index (χ4v) is 1.96. The Morgan fingerprint density at radius 3 is 2.87 bits per heavy atom. The Labute approximate surface area is 143 Å². The van der Waals surface area contributed by atoms with E-state index in [0.717, 1.165) is 17.7 Å². The average molecular weight is 336 g/mol. The van der Waals surface area contributed by atoms with Crippen LogP contribution in [0.4, 0.5) is 0 Å². The molecule has 5 nitrogen and oxygen atoms in total. The van der Waals surface area contributed by atoms with Gasteiger partial charge < -0.3 is 14.8 Å². The van der Waals surface area contributed by atoms with Crippen molar-refractivity contribution in [2.45, 2.75) is 26.2 Å². The molecule has 3 N–H and O–H groups in total. The number of methoxy groups -OCH3 is 1. The van der Waals surface area contributed by atoms with Crippen molar-refractivity contribution in [3.63, 3.8) is 0 Å². The minimum Gasteiger partial charge on any atom is -0.493 e. The van der Waals surface area contributed by atoms with Crippen LogP contribution in [0.3, 0.4) is 0 Å². The minimum atomic E-state index is 0.504. The van der Waals surface area contributed by atoms with Crippen molar-refractivity contribution >= 4 is 23.5 Å². The van der Waals surface area contributed by atoms with E-state index in [1.807, 2.05) is 18.2 Å². The molecule has 0 saturated heterocycles. The number of benzene rings is 1. The SMILES string of the molecule is C=CCNC(=S)N[NH+]=Cc1ccc(OCCCCC)c(OC)c1. The number of hydrogen-bond donors (Lipinski definition) is 3.